The molecule has 106 valence electrons. The summed E-state index contributed by atoms with van der Waals surface area (Å²) in [5.41, 5.74) is 0. The Morgan fingerprint density at radius 1 is 1.28 bits per heavy atom. The molecule has 0 aliphatic heterocycles. The van der Waals surface area contributed by atoms with Crippen LogP contribution in [0.5, 0.6) is 0 Å². The number of carbonyl (C=O) groups excluding carboxylic acids is 1. The van der Waals surface area contributed by atoms with Crippen molar-refractivity contribution in [2.24, 2.45) is 0 Å². The molecule has 0 aromatic carbocycles. The van der Waals surface area contributed by atoms with Crippen molar-refractivity contribution in [3.8, 4) is 0 Å². The van der Waals surface area contributed by atoms with E-state index in [2.05, 4.69) is 11.9 Å². The number of nitrogens with one attached hydrogen (secondary N) is 1. The third kappa shape index (κ3) is 11.1. The number of unbranched alkanes of at least 4 members (excludes halogenated alkanes) is 2. The molecule has 6 nitrogen and oxygen atoms in total. The molecule has 0 unspecified atom stereocenters. The molecule has 0 rings (SSSR count). The summed E-state index contributed by atoms with van der Waals surface area (Å²) >= 11 is 0. The molecule has 0 radical (unpaired) electrons. The number of rotatable bonds is 9. The van der Waals surface area contributed by atoms with Gasteiger partial charge in [0.15, 0.2) is 6.54 Å². The Hall–Kier alpha value is -1.40. The number of hydrogen-bond donors (Lipinski definition) is 2. The van der Waals surface area contributed by atoms with E-state index >= 15 is 0 Å². The van der Waals surface area contributed by atoms with Crippen molar-refractivity contribution in [2.45, 2.75) is 19.3 Å². The van der Waals surface area contributed by atoms with Crippen molar-refractivity contribution < 1.29 is 24.7 Å². The monoisotopic (exact) mass is 260 g/mol. The van der Waals surface area contributed by atoms with Gasteiger partial charge in [-0.25, -0.2) is 4.79 Å². The molecule has 0 fully saturated rings. The summed E-state index contributed by atoms with van der Waals surface area (Å²) in [6.07, 6.45) is 4.11. The maximum Gasteiger partial charge on any atom is 0.359 e. The summed E-state index contributed by atoms with van der Waals surface area (Å²) in [4.78, 5) is 21.4. The van der Waals surface area contributed by atoms with Gasteiger partial charge in [-0.1, -0.05) is 6.58 Å². The number of quaternary nitrogens is 1. The Kier molecular flexibility index (Phi) is 10.1. The van der Waals surface area contributed by atoms with E-state index < -0.39 is 5.97 Å². The summed E-state index contributed by atoms with van der Waals surface area (Å²) in [6, 6.07) is 0. The van der Waals surface area contributed by atoms with E-state index in [1.54, 1.807) is 0 Å². The second-order valence-corrected chi connectivity index (χ2v) is 4.77. The highest BCUT2D eigenvalue weighted by Gasteiger charge is 2.18. The molecule has 6 heteroatoms. The standard InChI is InChI=1S/C12H22N2O3.H2O/c1-4-11(15)13-8-6-5-7-9-14(2,3)10-12(16)17;/h4H,1,5-10H2,2-3H3,(H-,13,15,16,17);1H2. The van der Waals surface area contributed by atoms with Gasteiger partial charge in [0.2, 0.25) is 5.91 Å². The molecule has 0 aromatic rings. The zero-order chi connectivity index (χ0) is 13.3. The average molecular weight is 260 g/mol. The third-order valence-corrected chi connectivity index (χ3v) is 2.49. The van der Waals surface area contributed by atoms with Gasteiger partial charge in [-0.3, -0.25) is 4.79 Å². The number of carboxylic acid groups (broad SMARTS) is 1. The Bertz CT molecular complexity index is 277. The number of aliphatic carboxylic acids is 1. The van der Waals surface area contributed by atoms with Crippen LogP contribution in [0.15, 0.2) is 12.7 Å². The summed E-state index contributed by atoms with van der Waals surface area (Å²) in [6.45, 7) is 5.00. The molecule has 0 bridgehead atoms. The van der Waals surface area contributed by atoms with Gasteiger partial charge in [0.1, 0.15) is 0 Å². The molecule has 0 aliphatic carbocycles. The minimum Gasteiger partial charge on any atom is -0.870 e. The van der Waals surface area contributed by atoms with Crippen LogP contribution in [0.2, 0.25) is 0 Å². The number of hydrogen-bond acceptors (Lipinski definition) is 3. The van der Waals surface area contributed by atoms with Crippen LogP contribution in [0.1, 0.15) is 19.3 Å². The predicted octanol–water partition coefficient (Wildman–Crippen LogP) is 0.443. The Balaban J connectivity index is 0. The van der Waals surface area contributed by atoms with Crippen LogP contribution in [0.3, 0.4) is 0 Å². The van der Waals surface area contributed by atoms with Crippen molar-refractivity contribution in [1.29, 1.82) is 0 Å². The summed E-state index contributed by atoms with van der Waals surface area (Å²) < 4.78 is 0.494. The van der Waals surface area contributed by atoms with Gasteiger partial charge in [-0.05, 0) is 25.3 Å². The van der Waals surface area contributed by atoms with E-state index in [4.69, 9.17) is 5.11 Å². The fourth-order valence-corrected chi connectivity index (χ4v) is 1.57. The van der Waals surface area contributed by atoms with E-state index in [1.807, 2.05) is 14.1 Å². The van der Waals surface area contributed by atoms with Gasteiger partial charge >= 0.3 is 5.97 Å². The molecule has 1 amide bonds. The fraction of sp³-hybridized carbons (Fsp3) is 0.667. The van der Waals surface area contributed by atoms with Crippen LogP contribution in [-0.2, 0) is 9.59 Å². The lowest BCUT2D eigenvalue weighted by atomic mass is 10.2. The van der Waals surface area contributed by atoms with Crippen molar-refractivity contribution in [3.05, 3.63) is 12.7 Å². The zero-order valence-corrected chi connectivity index (χ0v) is 11.2. The first-order chi connectivity index (χ1) is 7.87. The molecule has 0 spiro atoms. The summed E-state index contributed by atoms with van der Waals surface area (Å²) in [5.74, 6) is -0.916. The highest BCUT2D eigenvalue weighted by atomic mass is 16.4. The van der Waals surface area contributed by atoms with E-state index in [0.717, 1.165) is 25.8 Å². The van der Waals surface area contributed by atoms with Crippen molar-refractivity contribution in [3.63, 3.8) is 0 Å². The van der Waals surface area contributed by atoms with Crippen LogP contribution in [0.25, 0.3) is 0 Å². The lowest BCUT2D eigenvalue weighted by Crippen LogP contribution is -2.44. The average Bonchev–Trinajstić information content (AvgIpc) is 2.20. The molecule has 0 aliphatic rings. The maximum absolute atomic E-state index is 10.8. The Labute approximate surface area is 108 Å². The van der Waals surface area contributed by atoms with Gasteiger partial charge in [-0.2, -0.15) is 0 Å². The van der Waals surface area contributed by atoms with E-state index in [0.29, 0.717) is 11.0 Å². The van der Waals surface area contributed by atoms with E-state index in [1.165, 1.54) is 6.08 Å². The van der Waals surface area contributed by atoms with Gasteiger partial charge in [0.05, 0.1) is 20.6 Å². The highest BCUT2D eigenvalue weighted by molar-refractivity contribution is 5.86. The first kappa shape index (κ1) is 19.0. The van der Waals surface area contributed by atoms with Crippen LogP contribution >= 0.6 is 0 Å². The van der Waals surface area contributed by atoms with Gasteiger partial charge in [0, 0.05) is 6.54 Å². The van der Waals surface area contributed by atoms with Crippen LogP contribution in [-0.4, -0.2) is 60.7 Å². The lowest BCUT2D eigenvalue weighted by Gasteiger charge is -2.27. The molecule has 0 atom stereocenters. The third-order valence-electron chi connectivity index (χ3n) is 2.49. The molecule has 18 heavy (non-hydrogen) atoms. The van der Waals surface area contributed by atoms with Crippen LogP contribution < -0.4 is 5.32 Å². The first-order valence-electron chi connectivity index (χ1n) is 5.81. The van der Waals surface area contributed by atoms with E-state index in [-0.39, 0.29) is 17.9 Å². The number of carboxylic acids is 1. The van der Waals surface area contributed by atoms with Crippen LogP contribution in [0, 0.1) is 0 Å². The summed E-state index contributed by atoms with van der Waals surface area (Å²) in [7, 11) is 3.82. The number of carbonyl (C=O) groups is 2. The molecule has 0 saturated heterocycles. The lowest BCUT2D eigenvalue weighted by molar-refractivity contribution is -0.883. The zero-order valence-electron chi connectivity index (χ0n) is 11.2. The van der Waals surface area contributed by atoms with Gasteiger partial charge in [0.25, 0.3) is 0 Å². The molecule has 0 heterocycles. The number of nitrogens with zero attached hydrogens (tertiary/aromatic N) is 1. The molecular weight excluding hydrogens is 236 g/mol. The van der Waals surface area contributed by atoms with Crippen molar-refractivity contribution in [1.82, 2.24) is 5.32 Å². The molecular formula is C12H24N2O4. The molecule has 0 aromatic heterocycles. The smallest absolute Gasteiger partial charge is 0.359 e. The highest BCUT2D eigenvalue weighted by Crippen LogP contribution is 2.03. The van der Waals surface area contributed by atoms with Crippen molar-refractivity contribution in [2.75, 3.05) is 33.7 Å². The van der Waals surface area contributed by atoms with Crippen LogP contribution in [0.4, 0.5) is 0 Å². The number of amides is 1. The van der Waals surface area contributed by atoms with Crippen molar-refractivity contribution >= 4 is 11.9 Å². The molecule has 0 saturated carbocycles. The minimum absolute atomic E-state index is 0. The quantitative estimate of drug-likeness (QED) is 0.357. The Morgan fingerprint density at radius 2 is 1.89 bits per heavy atom. The maximum atomic E-state index is 10.8. The largest absolute Gasteiger partial charge is 0.870 e. The fourth-order valence-electron chi connectivity index (χ4n) is 1.57. The second kappa shape index (κ2) is 9.61. The van der Waals surface area contributed by atoms with Gasteiger partial charge in [-0.15, -0.1) is 0 Å². The summed E-state index contributed by atoms with van der Waals surface area (Å²) in [5, 5.41) is 11.4. The second-order valence-electron chi connectivity index (χ2n) is 4.77. The molecule has 3 N–H and O–H groups in total. The van der Waals surface area contributed by atoms with Gasteiger partial charge < -0.3 is 20.4 Å². The first-order valence-corrected chi connectivity index (χ1v) is 5.81. The van der Waals surface area contributed by atoms with E-state index in [9.17, 15) is 9.59 Å². The predicted molar refractivity (Wildman–Crippen MR) is 68.5 cm³/mol. The Morgan fingerprint density at radius 3 is 2.39 bits per heavy atom. The topological polar surface area (TPSA) is 96.4 Å². The minimum atomic E-state index is -0.770. The normalized spacial score (nSPS) is 10.3. The SMILES string of the molecule is C=CC(=O)NCCCCC[N+](C)(C)CC(=O)O.[OH-]. The number of likely N-dealkylation sites (N-methyl/N-ethyl adjacent to an activating group) is 1.